The van der Waals surface area contributed by atoms with E-state index in [1.165, 1.54) is 11.3 Å². The van der Waals surface area contributed by atoms with E-state index in [2.05, 4.69) is 20.4 Å². The molecule has 3 aromatic heterocycles. The van der Waals surface area contributed by atoms with E-state index in [4.69, 9.17) is 26.2 Å². The van der Waals surface area contributed by atoms with Gasteiger partial charge >= 0.3 is 0 Å². The maximum atomic E-state index is 6.14. The Labute approximate surface area is 174 Å². The summed E-state index contributed by atoms with van der Waals surface area (Å²) in [5.41, 5.74) is 2.63. The molecular formula is C19H15ClN6O2S. The zero-order valence-corrected chi connectivity index (χ0v) is 17.1. The highest BCUT2D eigenvalue weighted by atomic mass is 35.5. The number of ether oxygens (including phenoxy) is 2. The second-order valence-corrected chi connectivity index (χ2v) is 7.72. The fraction of sp³-hybridized carbons (Fsp3) is 0.158. The highest BCUT2D eigenvalue weighted by molar-refractivity contribution is 7.19. The number of methoxy groups -OCH3 is 2. The minimum atomic E-state index is 0.501. The molecule has 0 aliphatic carbocycles. The molecular weight excluding hydrogens is 412 g/mol. The molecule has 29 heavy (non-hydrogen) atoms. The Bertz CT molecular complexity index is 1340. The van der Waals surface area contributed by atoms with Crippen molar-refractivity contribution in [3.63, 3.8) is 0 Å². The van der Waals surface area contributed by atoms with Gasteiger partial charge in [0.15, 0.2) is 10.8 Å². The van der Waals surface area contributed by atoms with Crippen LogP contribution in [0.15, 0.2) is 36.4 Å². The molecule has 0 saturated carbocycles. The molecule has 8 nitrogen and oxygen atoms in total. The van der Waals surface area contributed by atoms with Gasteiger partial charge in [-0.1, -0.05) is 22.9 Å². The normalized spacial score (nSPS) is 11.4. The molecule has 3 heterocycles. The van der Waals surface area contributed by atoms with Gasteiger partial charge in [-0.2, -0.15) is 14.7 Å². The van der Waals surface area contributed by atoms with Gasteiger partial charge in [-0.25, -0.2) is 0 Å². The first-order valence-electron chi connectivity index (χ1n) is 8.72. The lowest BCUT2D eigenvalue weighted by Crippen LogP contribution is -1.99. The second-order valence-electron chi connectivity index (χ2n) is 6.32. The number of nitrogens with zero attached hydrogens (tertiary/aromatic N) is 5. The van der Waals surface area contributed by atoms with Crippen LogP contribution >= 0.6 is 22.9 Å². The smallest absolute Gasteiger partial charge is 0.234 e. The van der Waals surface area contributed by atoms with Crippen molar-refractivity contribution in [1.29, 1.82) is 0 Å². The quantitative estimate of drug-likeness (QED) is 0.457. The van der Waals surface area contributed by atoms with E-state index in [1.54, 1.807) is 18.7 Å². The summed E-state index contributed by atoms with van der Waals surface area (Å²) in [4.78, 5) is 0.703. The summed E-state index contributed by atoms with van der Waals surface area (Å²) in [6, 6.07) is 11.2. The molecule has 146 valence electrons. The summed E-state index contributed by atoms with van der Waals surface area (Å²) in [5.74, 6) is 2.12. The van der Waals surface area contributed by atoms with Gasteiger partial charge in [-0.15, -0.1) is 10.2 Å². The predicted octanol–water partition coefficient (Wildman–Crippen LogP) is 3.99. The molecule has 10 heteroatoms. The van der Waals surface area contributed by atoms with Crippen LogP contribution in [-0.4, -0.2) is 44.2 Å². The van der Waals surface area contributed by atoms with Crippen LogP contribution in [0.4, 0.5) is 0 Å². The third-order valence-electron chi connectivity index (χ3n) is 4.62. The number of aromatic nitrogens is 6. The minimum absolute atomic E-state index is 0.501. The lowest BCUT2D eigenvalue weighted by atomic mass is 10.1. The van der Waals surface area contributed by atoms with E-state index in [1.807, 2.05) is 36.4 Å². The molecule has 5 rings (SSSR count). The average Bonchev–Trinajstić information content (AvgIpc) is 3.43. The second kappa shape index (κ2) is 7.02. The number of halogens is 1. The van der Waals surface area contributed by atoms with Crippen LogP contribution in [0, 0.1) is 0 Å². The monoisotopic (exact) mass is 426 g/mol. The van der Waals surface area contributed by atoms with Gasteiger partial charge < -0.3 is 9.47 Å². The summed E-state index contributed by atoms with van der Waals surface area (Å²) >= 11 is 7.58. The van der Waals surface area contributed by atoms with Gasteiger partial charge in [0.05, 0.1) is 37.4 Å². The molecule has 1 N–H and O–H groups in total. The lowest BCUT2D eigenvalue weighted by Gasteiger charge is -2.07. The van der Waals surface area contributed by atoms with Gasteiger partial charge in [0.2, 0.25) is 4.96 Å². The van der Waals surface area contributed by atoms with Gasteiger partial charge in [0, 0.05) is 16.5 Å². The van der Waals surface area contributed by atoms with Crippen LogP contribution in [-0.2, 0) is 6.42 Å². The molecule has 0 atom stereocenters. The predicted molar refractivity (Wildman–Crippen MR) is 111 cm³/mol. The molecule has 0 unspecified atom stereocenters. The van der Waals surface area contributed by atoms with Gasteiger partial charge in [-0.05, 0) is 30.3 Å². The minimum Gasteiger partial charge on any atom is -0.497 e. The number of aromatic amines is 1. The van der Waals surface area contributed by atoms with Crippen molar-refractivity contribution in [2.45, 2.75) is 6.42 Å². The van der Waals surface area contributed by atoms with Crippen molar-refractivity contribution in [2.24, 2.45) is 0 Å². The fourth-order valence-electron chi connectivity index (χ4n) is 3.18. The Morgan fingerprint density at radius 3 is 2.83 bits per heavy atom. The molecule has 0 bridgehead atoms. The van der Waals surface area contributed by atoms with E-state index in [0.717, 1.165) is 32.9 Å². The summed E-state index contributed by atoms with van der Waals surface area (Å²) in [5, 5.41) is 23.1. The van der Waals surface area contributed by atoms with Crippen molar-refractivity contribution in [3.8, 4) is 22.1 Å². The Morgan fingerprint density at radius 1 is 1.10 bits per heavy atom. The molecule has 2 aromatic carbocycles. The van der Waals surface area contributed by atoms with E-state index < -0.39 is 0 Å². The Morgan fingerprint density at radius 2 is 2.00 bits per heavy atom. The molecule has 0 aliphatic rings. The highest BCUT2D eigenvalue weighted by Crippen LogP contribution is 2.35. The first-order chi connectivity index (χ1) is 14.2. The topological polar surface area (TPSA) is 90.2 Å². The summed E-state index contributed by atoms with van der Waals surface area (Å²) < 4.78 is 12.5. The van der Waals surface area contributed by atoms with Crippen molar-refractivity contribution < 1.29 is 9.47 Å². The van der Waals surface area contributed by atoms with Gasteiger partial charge in [0.25, 0.3) is 0 Å². The number of rotatable bonds is 5. The average molecular weight is 427 g/mol. The van der Waals surface area contributed by atoms with E-state index in [9.17, 15) is 0 Å². The molecule has 0 amide bonds. The van der Waals surface area contributed by atoms with Crippen molar-refractivity contribution in [3.05, 3.63) is 52.9 Å². The SMILES string of the molecule is COc1ccc(-c2nn3c(Cc4[nH]nc5ccc(Cl)cc45)nnc3s2)c(OC)c1. The van der Waals surface area contributed by atoms with Crippen LogP contribution in [0.5, 0.6) is 11.5 Å². The van der Waals surface area contributed by atoms with Gasteiger partial charge in [0.1, 0.15) is 11.5 Å². The summed E-state index contributed by atoms with van der Waals surface area (Å²) in [7, 11) is 3.24. The van der Waals surface area contributed by atoms with E-state index in [0.29, 0.717) is 28.0 Å². The molecule has 0 aliphatic heterocycles. The van der Waals surface area contributed by atoms with E-state index in [-0.39, 0.29) is 0 Å². The Kier molecular flexibility index (Phi) is 4.33. The van der Waals surface area contributed by atoms with Crippen molar-refractivity contribution in [2.75, 3.05) is 14.2 Å². The zero-order valence-electron chi connectivity index (χ0n) is 15.5. The number of H-pyrrole nitrogens is 1. The van der Waals surface area contributed by atoms with Crippen LogP contribution < -0.4 is 9.47 Å². The Hall–Kier alpha value is -3.17. The largest absolute Gasteiger partial charge is 0.497 e. The third kappa shape index (κ3) is 3.08. The van der Waals surface area contributed by atoms with E-state index >= 15 is 0 Å². The highest BCUT2D eigenvalue weighted by Gasteiger charge is 2.18. The van der Waals surface area contributed by atoms with Crippen LogP contribution in [0.1, 0.15) is 11.5 Å². The van der Waals surface area contributed by atoms with Crippen LogP contribution in [0.3, 0.4) is 0 Å². The number of hydrogen-bond acceptors (Lipinski definition) is 7. The van der Waals surface area contributed by atoms with Crippen LogP contribution in [0.25, 0.3) is 26.4 Å². The Balaban J connectivity index is 1.54. The summed E-state index contributed by atoms with van der Waals surface area (Å²) in [6.45, 7) is 0. The standard InChI is InChI=1S/C19H15ClN6O2S/c1-27-11-4-5-12(16(8-11)28-2)18-25-26-17(23-24-19(26)29-18)9-15-13-7-10(20)3-6-14(13)21-22-15/h3-8H,9H2,1-2H3,(H,21,22). The van der Waals surface area contributed by atoms with Gasteiger partial charge in [-0.3, -0.25) is 5.10 Å². The number of nitrogens with one attached hydrogen (secondary N) is 1. The maximum Gasteiger partial charge on any atom is 0.234 e. The molecule has 5 aromatic rings. The molecule has 0 saturated heterocycles. The van der Waals surface area contributed by atoms with Crippen molar-refractivity contribution >= 4 is 38.8 Å². The first-order valence-corrected chi connectivity index (χ1v) is 9.91. The molecule has 0 spiro atoms. The van der Waals surface area contributed by atoms with Crippen LogP contribution in [0.2, 0.25) is 5.02 Å². The molecule has 0 fully saturated rings. The first kappa shape index (κ1) is 17.9. The maximum absolute atomic E-state index is 6.14. The number of fused-ring (bicyclic) bond motifs is 2. The van der Waals surface area contributed by atoms with Crippen molar-refractivity contribution in [1.82, 2.24) is 30.0 Å². The number of hydrogen-bond donors (Lipinski definition) is 1. The zero-order chi connectivity index (χ0) is 20.0. The number of benzene rings is 2. The summed E-state index contributed by atoms with van der Waals surface area (Å²) in [6.07, 6.45) is 0.501. The molecule has 0 radical (unpaired) electrons. The lowest BCUT2D eigenvalue weighted by molar-refractivity contribution is 0.395. The fourth-order valence-corrected chi connectivity index (χ4v) is 4.24. The third-order valence-corrected chi connectivity index (χ3v) is 5.79.